The van der Waals surface area contributed by atoms with Crippen molar-refractivity contribution in [2.24, 2.45) is 0 Å². The quantitative estimate of drug-likeness (QED) is 0.379. The predicted octanol–water partition coefficient (Wildman–Crippen LogP) is 3.49. The van der Waals surface area contributed by atoms with E-state index in [1.807, 2.05) is 30.3 Å². The summed E-state index contributed by atoms with van der Waals surface area (Å²) in [6.45, 7) is 0. The first-order valence-corrected chi connectivity index (χ1v) is 12.0. The molecular weight excluding hydrogens is 484 g/mol. The van der Waals surface area contributed by atoms with Crippen molar-refractivity contribution < 1.29 is 38.4 Å². The summed E-state index contributed by atoms with van der Waals surface area (Å²) in [5.41, 5.74) is -0.522. The molecule has 0 radical (unpaired) electrons. The highest BCUT2D eigenvalue weighted by Crippen LogP contribution is 2.37. The molecule has 0 saturated carbocycles. The molecule has 1 aliphatic heterocycles. The van der Waals surface area contributed by atoms with Gasteiger partial charge in [-0.2, -0.15) is 0 Å². The monoisotopic (exact) mass is 508 g/mol. The van der Waals surface area contributed by atoms with E-state index < -0.39 is 47.8 Å². The van der Waals surface area contributed by atoms with Crippen molar-refractivity contribution in [3.63, 3.8) is 0 Å². The highest BCUT2D eigenvalue weighted by Gasteiger charge is 2.53. The second-order valence-corrected chi connectivity index (χ2v) is 9.01. The molecule has 9 heteroatoms. The van der Waals surface area contributed by atoms with Crippen molar-refractivity contribution in [3.8, 4) is 0 Å². The Morgan fingerprint density at radius 1 is 0.750 bits per heavy atom. The van der Waals surface area contributed by atoms with E-state index in [1.54, 1.807) is 60.7 Å². The maximum atomic E-state index is 13.0. The minimum absolute atomic E-state index is 0.228. The van der Waals surface area contributed by atoms with Crippen LogP contribution in [0.3, 0.4) is 0 Å². The number of methoxy groups -OCH3 is 1. The molecule has 0 amide bonds. The summed E-state index contributed by atoms with van der Waals surface area (Å²) < 4.78 is 22.1. The van der Waals surface area contributed by atoms with Gasteiger partial charge in [0.15, 0.2) is 18.3 Å². The van der Waals surface area contributed by atoms with Gasteiger partial charge in [-0.1, -0.05) is 66.4 Å². The van der Waals surface area contributed by atoms with E-state index in [4.69, 9.17) is 18.9 Å². The summed E-state index contributed by atoms with van der Waals surface area (Å²) in [6.07, 6.45) is -5.82. The fraction of sp³-hybridized carbons (Fsp3) is 0.222. The van der Waals surface area contributed by atoms with Gasteiger partial charge in [-0.3, -0.25) is 0 Å². The maximum absolute atomic E-state index is 13.0. The smallest absolute Gasteiger partial charge is 0.338 e. The SMILES string of the molecule is COC(=O)[C@H]1OC(Sc2ccccc2)[C@H](OC(=O)c2ccccc2)[C@@H](OC(=O)c2ccccc2)[C@@H]1O. The molecule has 3 aromatic rings. The van der Waals surface area contributed by atoms with Crippen molar-refractivity contribution in [3.05, 3.63) is 102 Å². The Bertz CT molecular complexity index is 1170. The third-order valence-electron chi connectivity index (χ3n) is 5.45. The van der Waals surface area contributed by atoms with Gasteiger partial charge in [0.2, 0.25) is 0 Å². The average molecular weight is 509 g/mol. The van der Waals surface area contributed by atoms with Crippen molar-refractivity contribution in [1.29, 1.82) is 0 Å². The summed E-state index contributed by atoms with van der Waals surface area (Å²) in [7, 11) is 1.16. The molecule has 186 valence electrons. The lowest BCUT2D eigenvalue weighted by molar-refractivity contribution is -0.211. The average Bonchev–Trinajstić information content (AvgIpc) is 2.93. The van der Waals surface area contributed by atoms with Crippen LogP contribution in [0, 0.1) is 0 Å². The molecule has 0 bridgehead atoms. The Morgan fingerprint density at radius 3 is 1.72 bits per heavy atom. The third kappa shape index (κ3) is 5.93. The second kappa shape index (κ2) is 11.9. The lowest BCUT2D eigenvalue weighted by Crippen LogP contribution is -2.61. The van der Waals surface area contributed by atoms with Gasteiger partial charge in [0, 0.05) is 4.90 Å². The summed E-state index contributed by atoms with van der Waals surface area (Å²) in [5, 5.41) is 11.1. The highest BCUT2D eigenvalue weighted by molar-refractivity contribution is 7.99. The zero-order valence-electron chi connectivity index (χ0n) is 19.3. The van der Waals surface area contributed by atoms with E-state index in [9.17, 15) is 19.5 Å². The molecule has 0 aromatic heterocycles. The van der Waals surface area contributed by atoms with Gasteiger partial charge < -0.3 is 24.1 Å². The second-order valence-electron chi connectivity index (χ2n) is 7.84. The largest absolute Gasteiger partial charge is 0.467 e. The zero-order valence-corrected chi connectivity index (χ0v) is 20.1. The molecule has 1 fully saturated rings. The van der Waals surface area contributed by atoms with Crippen molar-refractivity contribution in [2.45, 2.75) is 34.7 Å². The van der Waals surface area contributed by atoms with Crippen LogP contribution in [0.15, 0.2) is 95.9 Å². The van der Waals surface area contributed by atoms with Gasteiger partial charge >= 0.3 is 17.9 Å². The Balaban J connectivity index is 1.70. The first-order chi connectivity index (χ1) is 17.5. The van der Waals surface area contributed by atoms with Crippen LogP contribution < -0.4 is 0 Å². The molecule has 1 N–H and O–H groups in total. The molecule has 8 nitrogen and oxygen atoms in total. The Hall–Kier alpha value is -3.66. The lowest BCUT2D eigenvalue weighted by atomic mass is 9.99. The number of hydrogen-bond donors (Lipinski definition) is 1. The Morgan fingerprint density at radius 2 is 1.22 bits per heavy atom. The van der Waals surface area contributed by atoms with Crippen LogP contribution in [0.4, 0.5) is 0 Å². The molecule has 0 aliphatic carbocycles. The van der Waals surface area contributed by atoms with Crippen molar-refractivity contribution in [1.82, 2.24) is 0 Å². The van der Waals surface area contributed by atoms with Gasteiger partial charge in [0.05, 0.1) is 18.2 Å². The van der Waals surface area contributed by atoms with Crippen molar-refractivity contribution >= 4 is 29.7 Å². The van der Waals surface area contributed by atoms with Crippen LogP contribution in [-0.2, 0) is 23.7 Å². The Labute approximate surface area is 212 Å². The maximum Gasteiger partial charge on any atom is 0.338 e. The summed E-state index contributed by atoms with van der Waals surface area (Å²) in [6, 6.07) is 25.5. The van der Waals surface area contributed by atoms with E-state index in [0.29, 0.717) is 0 Å². The number of aliphatic hydroxyl groups excluding tert-OH is 1. The molecule has 36 heavy (non-hydrogen) atoms. The number of thioether (sulfide) groups is 1. The van der Waals surface area contributed by atoms with Crippen LogP contribution in [0.25, 0.3) is 0 Å². The fourth-order valence-corrected chi connectivity index (χ4v) is 4.76. The zero-order chi connectivity index (χ0) is 25.5. The first-order valence-electron chi connectivity index (χ1n) is 11.1. The number of carbonyl (C=O) groups excluding carboxylic acids is 3. The van der Waals surface area contributed by atoms with E-state index in [-0.39, 0.29) is 11.1 Å². The molecule has 1 saturated heterocycles. The minimum Gasteiger partial charge on any atom is -0.467 e. The summed E-state index contributed by atoms with van der Waals surface area (Å²) in [4.78, 5) is 39.1. The standard InChI is InChI=1S/C27H24O8S/c1-32-26(31)22-20(28)21(33-24(29)17-11-5-2-6-12-17)23(34-25(30)18-13-7-3-8-14-18)27(35-22)36-19-15-9-4-10-16-19/h2-16,20-23,27-28H,1H3/t20-,21-,22-,23+,27?/m0/s1. The number of benzene rings is 3. The lowest BCUT2D eigenvalue weighted by Gasteiger charge is -2.42. The number of carbonyl (C=O) groups is 3. The predicted molar refractivity (Wildman–Crippen MR) is 130 cm³/mol. The molecule has 1 heterocycles. The first kappa shape index (κ1) is 25.4. The molecule has 0 spiro atoms. The molecule has 4 rings (SSSR count). The minimum atomic E-state index is -1.66. The highest BCUT2D eigenvalue weighted by atomic mass is 32.2. The number of esters is 3. The van der Waals surface area contributed by atoms with Crippen LogP contribution in [0.5, 0.6) is 0 Å². The van der Waals surface area contributed by atoms with Crippen LogP contribution in [-0.4, -0.2) is 60.0 Å². The van der Waals surface area contributed by atoms with Gasteiger partial charge in [0.1, 0.15) is 11.5 Å². The van der Waals surface area contributed by atoms with E-state index in [1.165, 1.54) is 0 Å². The van der Waals surface area contributed by atoms with Gasteiger partial charge in [0.25, 0.3) is 0 Å². The van der Waals surface area contributed by atoms with E-state index >= 15 is 0 Å². The normalized spacial score (nSPS) is 23.3. The molecule has 1 unspecified atom stereocenters. The molecule has 3 aromatic carbocycles. The number of hydrogen-bond acceptors (Lipinski definition) is 9. The van der Waals surface area contributed by atoms with Crippen molar-refractivity contribution in [2.75, 3.05) is 7.11 Å². The van der Waals surface area contributed by atoms with Gasteiger partial charge in [-0.15, -0.1) is 0 Å². The Kier molecular flexibility index (Phi) is 8.37. The third-order valence-corrected chi connectivity index (χ3v) is 6.61. The number of rotatable bonds is 7. The van der Waals surface area contributed by atoms with Gasteiger partial charge in [-0.25, -0.2) is 14.4 Å². The summed E-state index contributed by atoms with van der Waals surface area (Å²) >= 11 is 1.16. The van der Waals surface area contributed by atoms with Crippen LogP contribution in [0.2, 0.25) is 0 Å². The summed E-state index contributed by atoms with van der Waals surface area (Å²) in [5.74, 6) is -2.31. The van der Waals surface area contributed by atoms with Crippen LogP contribution in [0.1, 0.15) is 20.7 Å². The van der Waals surface area contributed by atoms with E-state index in [2.05, 4.69) is 0 Å². The molecule has 5 atom stereocenters. The fourth-order valence-electron chi connectivity index (χ4n) is 3.65. The topological polar surface area (TPSA) is 108 Å². The molecule has 1 aliphatic rings. The van der Waals surface area contributed by atoms with Gasteiger partial charge in [-0.05, 0) is 36.4 Å². The number of aliphatic hydroxyl groups is 1. The van der Waals surface area contributed by atoms with E-state index in [0.717, 1.165) is 23.8 Å². The molecular formula is C27H24O8S. The van der Waals surface area contributed by atoms with Crippen LogP contribution >= 0.6 is 11.8 Å². The number of ether oxygens (including phenoxy) is 4.